The highest BCUT2D eigenvalue weighted by Crippen LogP contribution is 2.23. The highest BCUT2D eigenvalue weighted by atomic mass is 16.3. The van der Waals surface area contributed by atoms with Crippen LogP contribution >= 0.6 is 0 Å². The fraction of sp³-hybridized carbons (Fsp3) is 0.458. The van der Waals surface area contributed by atoms with Crippen LogP contribution in [0.15, 0.2) is 47.1 Å². The van der Waals surface area contributed by atoms with E-state index in [1.807, 2.05) is 0 Å². The summed E-state index contributed by atoms with van der Waals surface area (Å²) >= 11 is 0. The molecule has 7 heteroatoms. The van der Waals surface area contributed by atoms with Gasteiger partial charge in [-0.25, -0.2) is 0 Å². The maximum Gasteiger partial charge on any atom is 0.287 e. The van der Waals surface area contributed by atoms with E-state index in [4.69, 9.17) is 4.42 Å². The van der Waals surface area contributed by atoms with Crippen molar-refractivity contribution in [2.24, 2.45) is 5.92 Å². The lowest BCUT2D eigenvalue weighted by Crippen LogP contribution is -2.32. The summed E-state index contributed by atoms with van der Waals surface area (Å²) in [7, 11) is 0. The number of hydrogen-bond acceptors (Lipinski definition) is 5. The van der Waals surface area contributed by atoms with Crippen LogP contribution in [0.2, 0.25) is 0 Å². The maximum atomic E-state index is 12.6. The number of aromatic nitrogens is 3. The van der Waals surface area contributed by atoms with Crippen molar-refractivity contribution >= 4 is 5.91 Å². The molecular weight excluding hydrogens is 390 g/mol. The molecule has 1 aromatic carbocycles. The fourth-order valence-corrected chi connectivity index (χ4v) is 4.21. The largest absolute Gasteiger partial charge is 0.459 e. The highest BCUT2D eigenvalue weighted by molar-refractivity contribution is 5.91. The molecule has 1 aliphatic heterocycles. The number of rotatable bonds is 7. The Morgan fingerprint density at radius 1 is 1.16 bits per heavy atom. The van der Waals surface area contributed by atoms with Gasteiger partial charge >= 0.3 is 0 Å². The molecule has 1 atom stereocenters. The number of hydrogen-bond donors (Lipinski definition) is 1. The Morgan fingerprint density at radius 2 is 2.03 bits per heavy atom. The monoisotopic (exact) mass is 421 g/mol. The van der Waals surface area contributed by atoms with Crippen LogP contribution in [0.4, 0.5) is 0 Å². The van der Waals surface area contributed by atoms with Crippen LogP contribution in [-0.2, 0) is 19.5 Å². The topological polar surface area (TPSA) is 76.2 Å². The highest BCUT2D eigenvalue weighted by Gasteiger charge is 2.27. The van der Waals surface area contributed by atoms with Crippen LogP contribution in [0, 0.1) is 12.8 Å². The van der Waals surface area contributed by atoms with E-state index in [9.17, 15) is 4.79 Å². The van der Waals surface area contributed by atoms with E-state index in [1.54, 1.807) is 12.1 Å². The lowest BCUT2D eigenvalue weighted by atomic mass is 10.0. The number of amides is 1. The zero-order valence-corrected chi connectivity index (χ0v) is 18.5. The zero-order chi connectivity index (χ0) is 21.8. The molecule has 3 heterocycles. The van der Waals surface area contributed by atoms with E-state index < -0.39 is 0 Å². The molecule has 0 fully saturated rings. The van der Waals surface area contributed by atoms with Crippen molar-refractivity contribution in [1.29, 1.82) is 0 Å². The Bertz CT molecular complexity index is 1010. The minimum atomic E-state index is -0.220. The van der Waals surface area contributed by atoms with Gasteiger partial charge in [-0.3, -0.25) is 9.69 Å². The van der Waals surface area contributed by atoms with Crippen LogP contribution in [0.25, 0.3) is 0 Å². The number of carbonyl (C=O) groups excluding carboxylic acids is 1. The quantitative estimate of drug-likeness (QED) is 0.629. The van der Waals surface area contributed by atoms with E-state index in [0.717, 1.165) is 50.7 Å². The number of fused-ring (bicyclic) bond motifs is 1. The van der Waals surface area contributed by atoms with Crippen LogP contribution in [-0.4, -0.2) is 38.7 Å². The predicted octanol–water partition coefficient (Wildman–Crippen LogP) is 3.76. The van der Waals surface area contributed by atoms with Gasteiger partial charge in [-0.2, -0.15) is 0 Å². The minimum Gasteiger partial charge on any atom is -0.459 e. The summed E-state index contributed by atoms with van der Waals surface area (Å²) in [6, 6.07) is 11.9. The molecule has 1 aliphatic rings. The van der Waals surface area contributed by atoms with Crippen LogP contribution in [0.1, 0.15) is 59.6 Å². The standard InChI is InChI=1S/C24H31N5O2/c1-17(2)14-20(25-24(30)21-8-5-13-31-21)23-27-26-22-9-10-28(11-12-29(22)23)16-19-7-4-6-18(3)15-19/h4-8,13,15,17,20H,9-12,14,16H2,1-3H3,(H,25,30)/t20-/m1/s1. The number of furan rings is 1. The molecule has 0 saturated heterocycles. The van der Waals surface area contributed by atoms with Crippen molar-refractivity contribution in [3.63, 3.8) is 0 Å². The van der Waals surface area contributed by atoms with Gasteiger partial charge in [-0.15, -0.1) is 10.2 Å². The first-order valence-electron chi connectivity index (χ1n) is 11.0. The normalized spacial score (nSPS) is 15.5. The Labute approximate surface area is 183 Å². The molecule has 2 aromatic heterocycles. The maximum absolute atomic E-state index is 12.6. The molecule has 31 heavy (non-hydrogen) atoms. The second kappa shape index (κ2) is 9.47. The second-order valence-corrected chi connectivity index (χ2v) is 8.77. The Kier molecular flexibility index (Phi) is 6.51. The van der Waals surface area contributed by atoms with Crippen molar-refractivity contribution in [2.45, 2.75) is 52.7 Å². The minimum absolute atomic E-state index is 0.206. The Morgan fingerprint density at radius 3 is 2.77 bits per heavy atom. The Hall–Kier alpha value is -2.93. The first-order valence-corrected chi connectivity index (χ1v) is 11.0. The fourth-order valence-electron chi connectivity index (χ4n) is 4.21. The van der Waals surface area contributed by atoms with Gasteiger partial charge in [0.15, 0.2) is 11.6 Å². The molecule has 164 valence electrons. The van der Waals surface area contributed by atoms with Crippen molar-refractivity contribution in [2.75, 3.05) is 13.1 Å². The first kappa shape index (κ1) is 21.3. The molecule has 0 radical (unpaired) electrons. The van der Waals surface area contributed by atoms with Crippen molar-refractivity contribution in [3.8, 4) is 0 Å². The zero-order valence-electron chi connectivity index (χ0n) is 18.5. The van der Waals surface area contributed by atoms with Gasteiger partial charge in [-0.1, -0.05) is 43.7 Å². The van der Waals surface area contributed by atoms with Crippen molar-refractivity contribution in [1.82, 2.24) is 25.0 Å². The third kappa shape index (κ3) is 5.22. The third-order valence-corrected chi connectivity index (χ3v) is 5.71. The summed E-state index contributed by atoms with van der Waals surface area (Å²) in [5.74, 6) is 2.32. The summed E-state index contributed by atoms with van der Waals surface area (Å²) in [6.07, 6.45) is 3.15. The van der Waals surface area contributed by atoms with Gasteiger partial charge in [-0.05, 0) is 37.0 Å². The first-order chi connectivity index (χ1) is 15.0. The number of nitrogens with one attached hydrogen (secondary N) is 1. The summed E-state index contributed by atoms with van der Waals surface area (Å²) in [4.78, 5) is 15.1. The molecule has 0 aliphatic carbocycles. The Balaban J connectivity index is 1.49. The summed E-state index contributed by atoms with van der Waals surface area (Å²) < 4.78 is 7.47. The van der Waals surface area contributed by atoms with E-state index in [2.05, 4.69) is 70.0 Å². The van der Waals surface area contributed by atoms with Gasteiger partial charge < -0.3 is 14.3 Å². The number of benzene rings is 1. The average Bonchev–Trinajstić information content (AvgIpc) is 3.36. The lowest BCUT2D eigenvalue weighted by Gasteiger charge is -2.22. The number of carbonyl (C=O) groups is 1. The predicted molar refractivity (Wildman–Crippen MR) is 119 cm³/mol. The van der Waals surface area contributed by atoms with E-state index >= 15 is 0 Å². The van der Waals surface area contributed by atoms with Gasteiger partial charge in [0.1, 0.15) is 5.82 Å². The molecule has 0 saturated carbocycles. The molecule has 1 amide bonds. The molecule has 0 unspecified atom stereocenters. The average molecular weight is 422 g/mol. The lowest BCUT2D eigenvalue weighted by molar-refractivity contribution is 0.0900. The molecule has 0 spiro atoms. The van der Waals surface area contributed by atoms with Gasteiger partial charge in [0.25, 0.3) is 5.91 Å². The third-order valence-electron chi connectivity index (χ3n) is 5.71. The summed E-state index contributed by atoms with van der Waals surface area (Å²) in [6.45, 7) is 10.0. The van der Waals surface area contributed by atoms with E-state index in [0.29, 0.717) is 11.7 Å². The summed E-state index contributed by atoms with van der Waals surface area (Å²) in [5, 5.41) is 12.1. The van der Waals surface area contributed by atoms with Crippen LogP contribution in [0.3, 0.4) is 0 Å². The van der Waals surface area contributed by atoms with Crippen LogP contribution < -0.4 is 5.32 Å². The van der Waals surface area contributed by atoms with E-state index in [-0.39, 0.29) is 11.9 Å². The SMILES string of the molecule is Cc1cccc(CN2CCc3nnc([C@@H](CC(C)C)NC(=O)c4ccco4)n3CC2)c1. The molecule has 3 aromatic rings. The van der Waals surface area contributed by atoms with Crippen molar-refractivity contribution in [3.05, 3.63) is 71.2 Å². The van der Waals surface area contributed by atoms with E-state index in [1.165, 1.54) is 17.4 Å². The number of nitrogens with zero attached hydrogens (tertiary/aromatic N) is 4. The molecule has 0 bridgehead atoms. The number of aryl methyl sites for hydroxylation is 1. The summed E-state index contributed by atoms with van der Waals surface area (Å²) in [5.41, 5.74) is 2.62. The molecule has 4 rings (SSSR count). The van der Waals surface area contributed by atoms with Gasteiger partial charge in [0, 0.05) is 32.6 Å². The van der Waals surface area contributed by atoms with Gasteiger partial charge in [0.05, 0.1) is 12.3 Å². The smallest absolute Gasteiger partial charge is 0.287 e. The second-order valence-electron chi connectivity index (χ2n) is 8.77. The molecular formula is C24H31N5O2. The molecule has 1 N–H and O–H groups in total. The molecule has 7 nitrogen and oxygen atoms in total. The van der Waals surface area contributed by atoms with Gasteiger partial charge in [0.2, 0.25) is 0 Å². The van der Waals surface area contributed by atoms with Crippen molar-refractivity contribution < 1.29 is 9.21 Å². The van der Waals surface area contributed by atoms with Crippen LogP contribution in [0.5, 0.6) is 0 Å².